The monoisotopic (exact) mass is 315 g/mol. The highest BCUT2D eigenvalue weighted by molar-refractivity contribution is 14.1. The van der Waals surface area contributed by atoms with E-state index in [1.165, 1.54) is 4.57 Å². The van der Waals surface area contributed by atoms with Crippen molar-refractivity contribution < 1.29 is 9.53 Å². The summed E-state index contributed by atoms with van der Waals surface area (Å²) in [5.74, 6) is 0. The second-order valence-electron chi connectivity index (χ2n) is 3.09. The van der Waals surface area contributed by atoms with E-state index < -0.39 is 0 Å². The second-order valence-corrected chi connectivity index (χ2v) is 4.33. The summed E-state index contributed by atoms with van der Waals surface area (Å²) in [5.41, 5.74) is 0.883. The summed E-state index contributed by atoms with van der Waals surface area (Å²) in [6.07, 6.45) is 1.41. The fourth-order valence-electron chi connectivity index (χ4n) is 1.47. The Labute approximate surface area is 101 Å². The molecule has 0 radical (unpaired) electrons. The predicted molar refractivity (Wildman–Crippen MR) is 67.1 cm³/mol. The van der Waals surface area contributed by atoms with Gasteiger partial charge < -0.3 is 4.74 Å². The van der Waals surface area contributed by atoms with Crippen LogP contribution in [-0.4, -0.2) is 17.3 Å². The molecule has 15 heavy (non-hydrogen) atoms. The van der Waals surface area contributed by atoms with E-state index in [2.05, 4.69) is 22.6 Å². The van der Waals surface area contributed by atoms with Crippen molar-refractivity contribution in [2.75, 3.05) is 6.61 Å². The van der Waals surface area contributed by atoms with Crippen molar-refractivity contribution in [1.82, 2.24) is 4.57 Å². The lowest BCUT2D eigenvalue weighted by Gasteiger charge is -2.03. The maximum atomic E-state index is 11.5. The third kappa shape index (κ3) is 1.99. The molecule has 0 amide bonds. The largest absolute Gasteiger partial charge is 0.449 e. The van der Waals surface area contributed by atoms with E-state index >= 15 is 0 Å². The lowest BCUT2D eigenvalue weighted by Crippen LogP contribution is -2.11. The van der Waals surface area contributed by atoms with E-state index in [4.69, 9.17) is 4.74 Å². The number of hydrogen-bond donors (Lipinski definition) is 0. The number of nitrogens with zero attached hydrogens (tertiary/aromatic N) is 1. The molecular formula is C11H10INO2. The van der Waals surface area contributed by atoms with Crippen LogP contribution in [0.4, 0.5) is 4.79 Å². The van der Waals surface area contributed by atoms with Crippen LogP contribution in [0.5, 0.6) is 0 Å². The van der Waals surface area contributed by atoms with Gasteiger partial charge in [0, 0.05) is 15.2 Å². The van der Waals surface area contributed by atoms with Gasteiger partial charge in [0.15, 0.2) is 0 Å². The molecule has 0 fully saturated rings. The van der Waals surface area contributed by atoms with Gasteiger partial charge in [-0.1, -0.05) is 0 Å². The lowest BCUT2D eigenvalue weighted by atomic mass is 10.2. The normalized spacial score (nSPS) is 10.5. The number of fused-ring (bicyclic) bond motifs is 1. The third-order valence-corrected chi connectivity index (χ3v) is 2.79. The van der Waals surface area contributed by atoms with Crippen LogP contribution in [0.15, 0.2) is 30.5 Å². The van der Waals surface area contributed by atoms with Crippen LogP contribution < -0.4 is 0 Å². The number of aromatic nitrogens is 1. The first-order valence-electron chi connectivity index (χ1n) is 4.66. The van der Waals surface area contributed by atoms with Gasteiger partial charge in [0.2, 0.25) is 0 Å². The highest BCUT2D eigenvalue weighted by Gasteiger charge is 2.08. The van der Waals surface area contributed by atoms with Gasteiger partial charge in [0.05, 0.1) is 12.1 Å². The minimum atomic E-state index is -0.325. The molecule has 0 unspecified atom stereocenters. The van der Waals surface area contributed by atoms with Crippen LogP contribution in [0.25, 0.3) is 10.9 Å². The van der Waals surface area contributed by atoms with E-state index in [1.54, 1.807) is 13.1 Å². The fraction of sp³-hybridized carbons (Fsp3) is 0.182. The number of hydrogen-bond acceptors (Lipinski definition) is 2. The molecule has 0 atom stereocenters. The van der Waals surface area contributed by atoms with Crippen molar-refractivity contribution in [2.24, 2.45) is 0 Å². The maximum absolute atomic E-state index is 11.5. The van der Waals surface area contributed by atoms with Gasteiger partial charge >= 0.3 is 6.09 Å². The quantitative estimate of drug-likeness (QED) is 0.757. The summed E-state index contributed by atoms with van der Waals surface area (Å²) in [6.45, 7) is 2.19. The van der Waals surface area contributed by atoms with Crippen molar-refractivity contribution >= 4 is 39.6 Å². The molecule has 0 aliphatic carbocycles. The average Bonchev–Trinajstić information content (AvgIpc) is 2.60. The van der Waals surface area contributed by atoms with Crippen LogP contribution in [0, 0.1) is 3.57 Å². The Balaban J connectivity index is 2.49. The topological polar surface area (TPSA) is 31.2 Å². The van der Waals surface area contributed by atoms with Crippen LogP contribution in [0.2, 0.25) is 0 Å². The maximum Gasteiger partial charge on any atom is 0.418 e. The number of carbonyl (C=O) groups excluding carboxylic acids is 1. The molecule has 0 aliphatic rings. The summed E-state index contributed by atoms with van der Waals surface area (Å²) in [4.78, 5) is 11.5. The van der Waals surface area contributed by atoms with Crippen molar-refractivity contribution in [2.45, 2.75) is 6.92 Å². The molecule has 2 rings (SSSR count). The standard InChI is InChI=1S/C11H10INO2/c1-2-15-11(14)13-6-5-8-7-9(12)3-4-10(8)13/h3-7H,2H2,1H3. The molecule has 0 bridgehead atoms. The second kappa shape index (κ2) is 4.22. The molecule has 4 heteroatoms. The van der Waals surface area contributed by atoms with Gasteiger partial charge in [-0.05, 0) is 53.8 Å². The SMILES string of the molecule is CCOC(=O)n1ccc2cc(I)ccc21. The first-order valence-corrected chi connectivity index (χ1v) is 5.74. The van der Waals surface area contributed by atoms with Gasteiger partial charge in [-0.2, -0.15) is 0 Å². The highest BCUT2D eigenvalue weighted by Crippen LogP contribution is 2.18. The van der Waals surface area contributed by atoms with Crippen molar-refractivity contribution in [3.05, 3.63) is 34.0 Å². The first kappa shape index (κ1) is 10.5. The Morgan fingerprint density at radius 1 is 1.47 bits per heavy atom. The number of carbonyl (C=O) groups is 1. The van der Waals surface area contributed by atoms with E-state index in [0.717, 1.165) is 14.5 Å². The van der Waals surface area contributed by atoms with Crippen LogP contribution in [0.3, 0.4) is 0 Å². The molecule has 78 valence electrons. The molecule has 3 nitrogen and oxygen atoms in total. The highest BCUT2D eigenvalue weighted by atomic mass is 127. The average molecular weight is 315 g/mol. The Morgan fingerprint density at radius 3 is 3.00 bits per heavy atom. The van der Waals surface area contributed by atoms with E-state index in [0.29, 0.717) is 6.61 Å². The van der Waals surface area contributed by atoms with Gasteiger partial charge in [-0.3, -0.25) is 4.57 Å². The first-order chi connectivity index (χ1) is 7.22. The molecule has 0 saturated heterocycles. The van der Waals surface area contributed by atoms with Crippen LogP contribution in [-0.2, 0) is 4.74 Å². The molecule has 2 aromatic rings. The zero-order valence-electron chi connectivity index (χ0n) is 8.24. The zero-order valence-corrected chi connectivity index (χ0v) is 10.4. The summed E-state index contributed by atoms with van der Waals surface area (Å²) in [5, 5.41) is 1.05. The Morgan fingerprint density at radius 2 is 2.27 bits per heavy atom. The van der Waals surface area contributed by atoms with Gasteiger partial charge in [-0.25, -0.2) is 4.79 Å². The minimum absolute atomic E-state index is 0.325. The Bertz CT molecular complexity index is 504. The summed E-state index contributed by atoms with van der Waals surface area (Å²) < 4.78 is 7.62. The molecule has 1 aromatic heterocycles. The van der Waals surface area contributed by atoms with Crippen LogP contribution >= 0.6 is 22.6 Å². The van der Waals surface area contributed by atoms with Crippen molar-refractivity contribution in [1.29, 1.82) is 0 Å². The molecule has 1 aromatic carbocycles. The number of rotatable bonds is 1. The molecule has 0 saturated carbocycles. The molecular weight excluding hydrogens is 305 g/mol. The predicted octanol–water partition coefficient (Wildman–Crippen LogP) is 3.25. The fourth-order valence-corrected chi connectivity index (χ4v) is 1.98. The third-order valence-electron chi connectivity index (χ3n) is 2.12. The summed E-state index contributed by atoms with van der Waals surface area (Å²) >= 11 is 2.25. The van der Waals surface area contributed by atoms with Crippen LogP contribution in [0.1, 0.15) is 6.92 Å². The zero-order chi connectivity index (χ0) is 10.8. The number of benzene rings is 1. The van der Waals surface area contributed by atoms with Gasteiger partial charge in [0.25, 0.3) is 0 Å². The number of halogens is 1. The Kier molecular flexibility index (Phi) is 2.95. The van der Waals surface area contributed by atoms with Gasteiger partial charge in [-0.15, -0.1) is 0 Å². The van der Waals surface area contributed by atoms with Crippen molar-refractivity contribution in [3.8, 4) is 0 Å². The molecule has 0 spiro atoms. The minimum Gasteiger partial charge on any atom is -0.449 e. The molecule has 0 aliphatic heterocycles. The van der Waals surface area contributed by atoms with E-state index in [9.17, 15) is 4.79 Å². The van der Waals surface area contributed by atoms with Gasteiger partial charge in [0.1, 0.15) is 0 Å². The molecule has 0 N–H and O–H groups in total. The summed E-state index contributed by atoms with van der Waals surface area (Å²) in [6, 6.07) is 7.84. The number of ether oxygens (including phenoxy) is 1. The molecule has 1 heterocycles. The van der Waals surface area contributed by atoms with E-state index in [1.807, 2.05) is 24.3 Å². The summed E-state index contributed by atoms with van der Waals surface area (Å²) in [7, 11) is 0. The smallest absolute Gasteiger partial charge is 0.418 e. The Hall–Kier alpha value is -1.04. The lowest BCUT2D eigenvalue weighted by molar-refractivity contribution is 0.155. The van der Waals surface area contributed by atoms with E-state index in [-0.39, 0.29) is 6.09 Å². The van der Waals surface area contributed by atoms with Crippen molar-refractivity contribution in [3.63, 3.8) is 0 Å².